The van der Waals surface area contributed by atoms with Crippen LogP contribution in [0.25, 0.3) is 0 Å². The summed E-state index contributed by atoms with van der Waals surface area (Å²) in [4.78, 5) is 2.21. The first kappa shape index (κ1) is 14.2. The van der Waals surface area contributed by atoms with Gasteiger partial charge in [-0.1, -0.05) is 22.9 Å². The zero-order valence-electron chi connectivity index (χ0n) is 10.4. The van der Waals surface area contributed by atoms with Crippen molar-refractivity contribution in [3.63, 3.8) is 0 Å². The third-order valence-corrected chi connectivity index (χ3v) is 3.56. The number of rotatable bonds is 4. The fourth-order valence-electron chi connectivity index (χ4n) is 1.05. The second-order valence-electron chi connectivity index (χ2n) is 3.79. The molecule has 98 valence electrons. The van der Waals surface area contributed by atoms with Crippen LogP contribution in [0.1, 0.15) is 19.4 Å². The molecule has 0 aliphatic rings. The minimum atomic E-state index is -3.69. The highest BCUT2D eigenvalue weighted by Crippen LogP contribution is 2.09. The van der Waals surface area contributed by atoms with Gasteiger partial charge in [0.2, 0.25) is 0 Å². The molecule has 7 heteroatoms. The van der Waals surface area contributed by atoms with Crippen LogP contribution in [0.4, 0.5) is 0 Å². The van der Waals surface area contributed by atoms with E-state index in [1.54, 1.807) is 12.1 Å². The number of hydrazone groups is 1. The van der Waals surface area contributed by atoms with E-state index in [-0.39, 0.29) is 16.3 Å². The number of benzene rings is 1. The number of nitrogens with one attached hydrogen (secondary N) is 1. The summed E-state index contributed by atoms with van der Waals surface area (Å²) >= 11 is 0. The Labute approximate surface area is 106 Å². The molecule has 0 bridgehead atoms. The Balaban J connectivity index is 2.93. The standard InChI is InChI=1S/C11H15N3O3S/c1-8-4-6-11(7-5-8)18(16,17)14-12-9(2)10(3)13-15/h4-7,14-15H,1-3H3/b12-9+,13-10+. The Morgan fingerprint density at radius 2 is 1.72 bits per heavy atom. The minimum Gasteiger partial charge on any atom is -0.411 e. The Morgan fingerprint density at radius 3 is 2.22 bits per heavy atom. The van der Waals surface area contributed by atoms with Crippen molar-refractivity contribution >= 4 is 21.4 Å². The number of aryl methyl sites for hydroxylation is 1. The maximum Gasteiger partial charge on any atom is 0.276 e. The molecular weight excluding hydrogens is 254 g/mol. The van der Waals surface area contributed by atoms with Crippen LogP contribution in [0.2, 0.25) is 0 Å². The number of nitrogens with zero attached hydrogens (tertiary/aromatic N) is 2. The van der Waals surface area contributed by atoms with Crippen molar-refractivity contribution in [3.8, 4) is 0 Å². The van der Waals surface area contributed by atoms with E-state index in [0.717, 1.165) is 5.56 Å². The SMILES string of the molecule is CC(=N\O)/C(C)=N/NS(=O)(=O)c1ccc(C)cc1. The van der Waals surface area contributed by atoms with Gasteiger partial charge in [-0.05, 0) is 32.9 Å². The second kappa shape index (κ2) is 5.63. The van der Waals surface area contributed by atoms with Crippen molar-refractivity contribution in [1.29, 1.82) is 0 Å². The molecule has 1 aromatic carbocycles. The zero-order valence-corrected chi connectivity index (χ0v) is 11.2. The summed E-state index contributed by atoms with van der Waals surface area (Å²) in [5.74, 6) is 0. The first-order chi connectivity index (χ1) is 8.36. The van der Waals surface area contributed by atoms with Crippen molar-refractivity contribution in [2.24, 2.45) is 10.3 Å². The smallest absolute Gasteiger partial charge is 0.276 e. The summed E-state index contributed by atoms with van der Waals surface area (Å²) in [6.07, 6.45) is 0. The Kier molecular flexibility index (Phi) is 4.43. The van der Waals surface area contributed by atoms with Crippen molar-refractivity contribution in [1.82, 2.24) is 4.83 Å². The lowest BCUT2D eigenvalue weighted by Gasteiger charge is -2.04. The van der Waals surface area contributed by atoms with Crippen molar-refractivity contribution in [2.75, 3.05) is 0 Å². The molecule has 0 unspecified atom stereocenters. The molecule has 0 aliphatic carbocycles. The Morgan fingerprint density at radius 1 is 1.17 bits per heavy atom. The van der Waals surface area contributed by atoms with Gasteiger partial charge in [-0.3, -0.25) is 0 Å². The molecular formula is C11H15N3O3S. The molecule has 1 rings (SSSR count). The topological polar surface area (TPSA) is 91.1 Å². The van der Waals surface area contributed by atoms with E-state index >= 15 is 0 Å². The predicted molar refractivity (Wildman–Crippen MR) is 69.5 cm³/mol. The van der Waals surface area contributed by atoms with E-state index in [1.807, 2.05) is 6.92 Å². The highest BCUT2D eigenvalue weighted by atomic mass is 32.2. The Hall–Kier alpha value is -1.89. The number of sulfonamides is 1. The van der Waals surface area contributed by atoms with Crippen molar-refractivity contribution in [2.45, 2.75) is 25.7 Å². The third kappa shape index (κ3) is 3.56. The second-order valence-corrected chi connectivity index (χ2v) is 5.45. The van der Waals surface area contributed by atoms with Gasteiger partial charge in [0.05, 0.1) is 16.3 Å². The average molecular weight is 269 g/mol. The van der Waals surface area contributed by atoms with Gasteiger partial charge < -0.3 is 5.21 Å². The summed E-state index contributed by atoms with van der Waals surface area (Å²) in [5, 5.41) is 15.1. The summed E-state index contributed by atoms with van der Waals surface area (Å²) in [6, 6.07) is 6.39. The molecule has 0 radical (unpaired) electrons. The first-order valence-corrected chi connectivity index (χ1v) is 6.67. The number of hydrogen-bond donors (Lipinski definition) is 2. The maximum absolute atomic E-state index is 11.8. The molecule has 0 saturated heterocycles. The fraction of sp³-hybridized carbons (Fsp3) is 0.273. The minimum absolute atomic E-state index is 0.128. The molecule has 1 aromatic rings. The monoisotopic (exact) mass is 269 g/mol. The number of hydrogen-bond acceptors (Lipinski definition) is 5. The highest BCUT2D eigenvalue weighted by molar-refractivity contribution is 7.89. The van der Waals surface area contributed by atoms with Gasteiger partial charge in [0.25, 0.3) is 10.0 Å². The predicted octanol–water partition coefficient (Wildman–Crippen LogP) is 1.50. The summed E-state index contributed by atoms with van der Waals surface area (Å²) in [5.41, 5.74) is 1.49. The first-order valence-electron chi connectivity index (χ1n) is 5.18. The largest absolute Gasteiger partial charge is 0.411 e. The lowest BCUT2D eigenvalue weighted by Crippen LogP contribution is -2.21. The molecule has 2 N–H and O–H groups in total. The number of oxime groups is 1. The summed E-state index contributed by atoms with van der Waals surface area (Å²) in [6.45, 7) is 4.92. The molecule has 18 heavy (non-hydrogen) atoms. The summed E-state index contributed by atoms with van der Waals surface area (Å²) in [7, 11) is -3.69. The maximum atomic E-state index is 11.8. The van der Waals surface area contributed by atoms with Crippen LogP contribution in [0, 0.1) is 6.92 Å². The van der Waals surface area contributed by atoms with Crippen LogP contribution in [-0.2, 0) is 10.0 Å². The average Bonchev–Trinajstić information content (AvgIpc) is 2.35. The van der Waals surface area contributed by atoms with E-state index in [2.05, 4.69) is 15.1 Å². The molecule has 0 amide bonds. The summed E-state index contributed by atoms with van der Waals surface area (Å²) < 4.78 is 23.7. The highest BCUT2D eigenvalue weighted by Gasteiger charge is 2.12. The van der Waals surface area contributed by atoms with Gasteiger partial charge >= 0.3 is 0 Å². The van der Waals surface area contributed by atoms with Crippen molar-refractivity contribution < 1.29 is 13.6 Å². The van der Waals surface area contributed by atoms with E-state index < -0.39 is 10.0 Å². The zero-order chi connectivity index (χ0) is 13.8. The third-order valence-electron chi connectivity index (χ3n) is 2.34. The fourth-order valence-corrected chi connectivity index (χ4v) is 1.91. The van der Waals surface area contributed by atoms with Gasteiger partial charge in [-0.2, -0.15) is 18.4 Å². The van der Waals surface area contributed by atoms with Gasteiger partial charge in [-0.15, -0.1) is 0 Å². The van der Waals surface area contributed by atoms with Gasteiger partial charge in [-0.25, -0.2) is 0 Å². The normalized spacial score (nSPS) is 13.5. The molecule has 0 heterocycles. The van der Waals surface area contributed by atoms with Crippen LogP contribution >= 0.6 is 0 Å². The van der Waals surface area contributed by atoms with Crippen LogP contribution < -0.4 is 4.83 Å². The van der Waals surface area contributed by atoms with Crippen LogP contribution in [0.3, 0.4) is 0 Å². The quantitative estimate of drug-likeness (QED) is 0.493. The van der Waals surface area contributed by atoms with E-state index in [9.17, 15) is 8.42 Å². The van der Waals surface area contributed by atoms with Crippen LogP contribution in [0.15, 0.2) is 39.4 Å². The molecule has 0 atom stereocenters. The molecule has 0 saturated carbocycles. The molecule has 0 aliphatic heterocycles. The van der Waals surface area contributed by atoms with Gasteiger partial charge in [0.1, 0.15) is 0 Å². The molecule has 0 fully saturated rings. The van der Waals surface area contributed by atoms with E-state index in [0.29, 0.717) is 0 Å². The molecule has 0 aromatic heterocycles. The van der Waals surface area contributed by atoms with Gasteiger partial charge in [0.15, 0.2) is 0 Å². The molecule has 6 nitrogen and oxygen atoms in total. The van der Waals surface area contributed by atoms with Crippen LogP contribution in [0.5, 0.6) is 0 Å². The van der Waals surface area contributed by atoms with E-state index in [1.165, 1.54) is 26.0 Å². The van der Waals surface area contributed by atoms with E-state index in [4.69, 9.17) is 5.21 Å². The Bertz CT molecular complexity index is 574. The lowest BCUT2D eigenvalue weighted by molar-refractivity contribution is 0.320. The van der Waals surface area contributed by atoms with Crippen LogP contribution in [-0.4, -0.2) is 25.0 Å². The lowest BCUT2D eigenvalue weighted by atomic mass is 10.2. The van der Waals surface area contributed by atoms with Gasteiger partial charge in [0, 0.05) is 0 Å². The molecule has 0 spiro atoms. The van der Waals surface area contributed by atoms with Crippen molar-refractivity contribution in [3.05, 3.63) is 29.8 Å².